The zero-order valence-electron chi connectivity index (χ0n) is 13.8. The molecule has 0 saturated carbocycles. The van der Waals surface area contributed by atoms with Gasteiger partial charge in [-0.1, -0.05) is 0 Å². The van der Waals surface area contributed by atoms with Crippen LogP contribution in [0.2, 0.25) is 0 Å². The number of thioether (sulfide) groups is 1. The van der Waals surface area contributed by atoms with Crippen LogP contribution in [0.4, 0.5) is 0 Å². The fourth-order valence-corrected chi connectivity index (χ4v) is 4.78. The van der Waals surface area contributed by atoms with E-state index in [-0.39, 0.29) is 4.90 Å². The van der Waals surface area contributed by atoms with Crippen molar-refractivity contribution in [3.8, 4) is 0 Å². The second kappa shape index (κ2) is 7.17. The Morgan fingerprint density at radius 2 is 2.08 bits per heavy atom. The van der Waals surface area contributed by atoms with Crippen LogP contribution in [0.25, 0.3) is 11.1 Å². The van der Waals surface area contributed by atoms with Gasteiger partial charge in [0.25, 0.3) is 4.84 Å². The molecule has 3 rings (SSSR count). The van der Waals surface area contributed by atoms with E-state index in [9.17, 15) is 8.42 Å². The molecule has 2 heterocycles. The lowest BCUT2D eigenvalue weighted by Gasteiger charge is -2.20. The van der Waals surface area contributed by atoms with Gasteiger partial charge in [-0.05, 0) is 42.6 Å². The lowest BCUT2D eigenvalue weighted by molar-refractivity contribution is 0.233. The van der Waals surface area contributed by atoms with Crippen LogP contribution >= 0.6 is 24.0 Å². The quantitative estimate of drug-likeness (QED) is 0.752. The molecule has 1 fully saturated rings. The molecule has 0 radical (unpaired) electrons. The van der Waals surface area contributed by atoms with E-state index < -0.39 is 10.0 Å². The molecule has 2 aromatic rings. The van der Waals surface area contributed by atoms with Gasteiger partial charge in [0.05, 0.1) is 17.1 Å². The van der Waals surface area contributed by atoms with E-state index in [1.807, 2.05) is 16.3 Å². The summed E-state index contributed by atoms with van der Waals surface area (Å²) in [6.07, 6.45) is 1.15. The standard InChI is InChI=1S/C15H21N3O3S3/c1-16(2)24(19,20)12-4-5-14-13(10-12)18(15(22)21-14)11-17-6-3-8-23-9-7-17/h4-5,10H,3,6-9,11H2,1-2H3. The SMILES string of the molecule is CN(C)S(=O)(=O)c1ccc2oc(=S)n(CN3CCCSCC3)c2c1. The van der Waals surface area contributed by atoms with Gasteiger partial charge in [0, 0.05) is 32.9 Å². The molecule has 1 aromatic heterocycles. The van der Waals surface area contributed by atoms with Crippen molar-refractivity contribution in [1.29, 1.82) is 0 Å². The fraction of sp³-hybridized carbons (Fsp3) is 0.533. The Kier molecular flexibility index (Phi) is 5.36. The van der Waals surface area contributed by atoms with Crippen LogP contribution in [0.1, 0.15) is 6.42 Å². The van der Waals surface area contributed by atoms with Gasteiger partial charge in [-0.25, -0.2) is 12.7 Å². The number of oxazole rings is 1. The molecular weight excluding hydrogens is 366 g/mol. The third-order valence-electron chi connectivity index (χ3n) is 4.07. The van der Waals surface area contributed by atoms with Gasteiger partial charge in [0.2, 0.25) is 10.0 Å². The molecule has 0 amide bonds. The Balaban J connectivity index is 2.01. The minimum absolute atomic E-state index is 0.246. The predicted molar refractivity (Wildman–Crippen MR) is 99.4 cm³/mol. The third-order valence-corrected chi connectivity index (χ3v) is 7.24. The molecule has 0 atom stereocenters. The van der Waals surface area contributed by atoms with Crippen molar-refractivity contribution >= 4 is 45.1 Å². The maximum absolute atomic E-state index is 12.4. The highest BCUT2D eigenvalue weighted by molar-refractivity contribution is 7.99. The van der Waals surface area contributed by atoms with Crippen LogP contribution < -0.4 is 0 Å². The first-order chi connectivity index (χ1) is 11.4. The van der Waals surface area contributed by atoms with E-state index in [0.717, 1.165) is 30.8 Å². The Hall–Kier alpha value is -0.870. The highest BCUT2D eigenvalue weighted by Crippen LogP contribution is 2.24. The van der Waals surface area contributed by atoms with Crippen LogP contribution in [0.15, 0.2) is 27.5 Å². The molecule has 1 aliphatic heterocycles. The summed E-state index contributed by atoms with van der Waals surface area (Å²) >= 11 is 7.31. The largest absolute Gasteiger partial charge is 0.429 e. The number of nitrogens with zero attached hydrogens (tertiary/aromatic N) is 3. The fourth-order valence-electron chi connectivity index (χ4n) is 2.69. The minimum atomic E-state index is -3.49. The summed E-state index contributed by atoms with van der Waals surface area (Å²) < 4.78 is 33.5. The molecule has 1 aliphatic rings. The normalized spacial score (nSPS) is 17.5. The zero-order valence-corrected chi connectivity index (χ0v) is 16.2. The highest BCUT2D eigenvalue weighted by Gasteiger charge is 2.20. The average molecular weight is 388 g/mol. The summed E-state index contributed by atoms with van der Waals surface area (Å²) in [7, 11) is -0.439. The van der Waals surface area contributed by atoms with Crippen molar-refractivity contribution in [1.82, 2.24) is 13.8 Å². The second-order valence-electron chi connectivity index (χ2n) is 5.94. The molecule has 0 spiro atoms. The topological polar surface area (TPSA) is 58.7 Å². The summed E-state index contributed by atoms with van der Waals surface area (Å²) in [4.78, 5) is 2.95. The van der Waals surface area contributed by atoms with Gasteiger partial charge in [-0.15, -0.1) is 0 Å². The number of rotatable bonds is 4. The van der Waals surface area contributed by atoms with Crippen molar-refractivity contribution in [3.05, 3.63) is 23.0 Å². The van der Waals surface area contributed by atoms with Gasteiger partial charge in [0.15, 0.2) is 5.58 Å². The summed E-state index contributed by atoms with van der Waals surface area (Å²) in [5.74, 6) is 2.28. The predicted octanol–water partition coefficient (Wildman–Crippen LogP) is 2.61. The zero-order chi connectivity index (χ0) is 17.3. The maximum Gasteiger partial charge on any atom is 0.270 e. The molecular formula is C15H21N3O3S3. The number of aromatic nitrogens is 1. The number of hydrogen-bond acceptors (Lipinski definition) is 6. The van der Waals surface area contributed by atoms with E-state index in [2.05, 4.69) is 4.90 Å². The molecule has 9 heteroatoms. The van der Waals surface area contributed by atoms with Crippen molar-refractivity contribution < 1.29 is 12.8 Å². The number of sulfonamides is 1. The number of hydrogen-bond donors (Lipinski definition) is 0. The highest BCUT2D eigenvalue weighted by atomic mass is 32.2. The minimum Gasteiger partial charge on any atom is -0.429 e. The smallest absolute Gasteiger partial charge is 0.270 e. The molecule has 6 nitrogen and oxygen atoms in total. The Labute approximate surface area is 151 Å². The van der Waals surface area contributed by atoms with Crippen LogP contribution in [0.5, 0.6) is 0 Å². The maximum atomic E-state index is 12.4. The van der Waals surface area contributed by atoms with Crippen LogP contribution in [-0.4, -0.2) is 60.9 Å². The Morgan fingerprint density at radius 1 is 1.29 bits per heavy atom. The Bertz CT molecular complexity index is 878. The molecule has 0 aliphatic carbocycles. The lowest BCUT2D eigenvalue weighted by Crippen LogP contribution is -2.28. The monoisotopic (exact) mass is 387 g/mol. The van der Waals surface area contributed by atoms with E-state index in [1.54, 1.807) is 18.2 Å². The summed E-state index contributed by atoms with van der Waals surface area (Å²) in [6.45, 7) is 2.63. The molecule has 0 N–H and O–H groups in total. The van der Waals surface area contributed by atoms with Crippen molar-refractivity contribution in [2.75, 3.05) is 38.7 Å². The van der Waals surface area contributed by atoms with Crippen molar-refractivity contribution in [3.63, 3.8) is 0 Å². The molecule has 0 unspecified atom stereocenters. The third kappa shape index (κ3) is 3.55. The first-order valence-corrected chi connectivity index (χ1v) is 10.8. The van der Waals surface area contributed by atoms with Crippen LogP contribution in [0.3, 0.4) is 0 Å². The van der Waals surface area contributed by atoms with Crippen LogP contribution in [0, 0.1) is 4.84 Å². The van der Waals surface area contributed by atoms with Gasteiger partial charge in [0.1, 0.15) is 0 Å². The number of fused-ring (bicyclic) bond motifs is 1. The lowest BCUT2D eigenvalue weighted by atomic mass is 10.3. The summed E-state index contributed by atoms with van der Waals surface area (Å²) in [5.41, 5.74) is 1.33. The van der Waals surface area contributed by atoms with E-state index >= 15 is 0 Å². The molecule has 132 valence electrons. The second-order valence-corrected chi connectivity index (χ2v) is 9.66. The van der Waals surface area contributed by atoms with E-state index in [1.165, 1.54) is 24.2 Å². The molecule has 24 heavy (non-hydrogen) atoms. The summed E-state index contributed by atoms with van der Waals surface area (Å²) in [5, 5.41) is 0. The average Bonchev–Trinajstić information content (AvgIpc) is 2.71. The molecule has 1 saturated heterocycles. The summed E-state index contributed by atoms with van der Waals surface area (Å²) in [6, 6.07) is 4.88. The van der Waals surface area contributed by atoms with Gasteiger partial charge >= 0.3 is 0 Å². The van der Waals surface area contributed by atoms with E-state index in [4.69, 9.17) is 16.6 Å². The molecule has 0 bridgehead atoms. The van der Waals surface area contributed by atoms with Gasteiger partial charge < -0.3 is 4.42 Å². The van der Waals surface area contributed by atoms with Crippen molar-refractivity contribution in [2.24, 2.45) is 0 Å². The Morgan fingerprint density at radius 3 is 2.83 bits per heavy atom. The van der Waals surface area contributed by atoms with Gasteiger partial charge in [-0.2, -0.15) is 11.8 Å². The first kappa shape index (κ1) is 17.9. The van der Waals surface area contributed by atoms with E-state index in [0.29, 0.717) is 17.1 Å². The molecule has 1 aromatic carbocycles. The van der Waals surface area contributed by atoms with Gasteiger partial charge in [-0.3, -0.25) is 9.47 Å². The van der Waals surface area contributed by atoms with Crippen molar-refractivity contribution in [2.45, 2.75) is 18.0 Å². The first-order valence-electron chi connectivity index (χ1n) is 7.75. The number of benzene rings is 1. The van der Waals surface area contributed by atoms with Crippen LogP contribution in [-0.2, 0) is 16.7 Å².